The summed E-state index contributed by atoms with van der Waals surface area (Å²) in [6.45, 7) is 2.66. The van der Waals surface area contributed by atoms with Gasteiger partial charge in [0.1, 0.15) is 0 Å². The van der Waals surface area contributed by atoms with Crippen LogP contribution >= 0.6 is 0 Å². The molecule has 1 amide bonds. The number of alkyl halides is 3. The molecular formula is C25H22F3N3O. The van der Waals surface area contributed by atoms with Gasteiger partial charge in [0, 0.05) is 30.8 Å². The number of benzene rings is 3. The molecule has 0 bridgehead atoms. The van der Waals surface area contributed by atoms with E-state index in [0.29, 0.717) is 5.56 Å². The number of fused-ring (bicyclic) bond motifs is 1. The van der Waals surface area contributed by atoms with Crippen LogP contribution in [0.4, 0.5) is 13.2 Å². The van der Waals surface area contributed by atoms with E-state index in [2.05, 4.69) is 39.7 Å². The molecule has 0 unspecified atom stereocenters. The maximum absolute atomic E-state index is 13.0. The molecule has 4 rings (SSSR count). The van der Waals surface area contributed by atoms with Crippen LogP contribution in [-0.2, 0) is 25.7 Å². The van der Waals surface area contributed by atoms with Crippen LogP contribution in [-0.4, -0.2) is 23.6 Å². The molecule has 1 aliphatic heterocycles. The van der Waals surface area contributed by atoms with Crippen molar-refractivity contribution < 1.29 is 18.0 Å². The number of nitrogens with zero attached hydrogens (tertiary/aromatic N) is 2. The van der Waals surface area contributed by atoms with Crippen LogP contribution in [0.3, 0.4) is 0 Å². The lowest BCUT2D eigenvalue weighted by atomic mass is 9.99. The van der Waals surface area contributed by atoms with Crippen LogP contribution in [0.15, 0.2) is 77.9 Å². The Bertz CT molecular complexity index is 1120. The van der Waals surface area contributed by atoms with Crippen LogP contribution in [0.25, 0.3) is 0 Å². The molecule has 0 saturated carbocycles. The summed E-state index contributed by atoms with van der Waals surface area (Å²) in [6.07, 6.45) is -2.46. The number of hydrazone groups is 1. The lowest BCUT2D eigenvalue weighted by Gasteiger charge is -2.28. The fourth-order valence-electron chi connectivity index (χ4n) is 3.80. The van der Waals surface area contributed by atoms with Gasteiger partial charge in [-0.05, 0) is 41.3 Å². The summed E-state index contributed by atoms with van der Waals surface area (Å²) < 4.78 is 39.1. The summed E-state index contributed by atoms with van der Waals surface area (Å²) in [5, 5.41) is 3.70. The van der Waals surface area contributed by atoms with Gasteiger partial charge in [-0.15, -0.1) is 0 Å². The highest BCUT2D eigenvalue weighted by atomic mass is 19.4. The highest BCUT2D eigenvalue weighted by molar-refractivity contribution is 5.95. The summed E-state index contributed by atoms with van der Waals surface area (Å²) in [7, 11) is 0. The van der Waals surface area contributed by atoms with Gasteiger partial charge in [-0.25, -0.2) is 5.43 Å². The van der Waals surface area contributed by atoms with Crippen molar-refractivity contribution in [3.05, 3.63) is 106 Å². The van der Waals surface area contributed by atoms with E-state index >= 15 is 0 Å². The molecule has 0 saturated heterocycles. The highest BCUT2D eigenvalue weighted by Crippen LogP contribution is 2.31. The van der Waals surface area contributed by atoms with Gasteiger partial charge in [-0.3, -0.25) is 9.69 Å². The number of carbonyl (C=O) groups is 1. The Morgan fingerprint density at radius 1 is 0.969 bits per heavy atom. The normalized spacial score (nSPS) is 14.3. The molecule has 0 atom stereocenters. The SMILES string of the molecule is O=C(N/N=C\c1ccccc1C(F)(F)F)c1ccc(CN2CCc3ccccc3C2)cc1. The van der Waals surface area contributed by atoms with Crippen molar-refractivity contribution in [2.45, 2.75) is 25.7 Å². The molecule has 3 aromatic carbocycles. The first-order valence-corrected chi connectivity index (χ1v) is 10.3. The van der Waals surface area contributed by atoms with Crippen molar-refractivity contribution >= 4 is 12.1 Å². The van der Waals surface area contributed by atoms with Gasteiger partial charge in [0.25, 0.3) is 5.91 Å². The molecule has 4 nitrogen and oxygen atoms in total. The zero-order valence-corrected chi connectivity index (χ0v) is 17.3. The van der Waals surface area contributed by atoms with Gasteiger partial charge in [-0.2, -0.15) is 18.3 Å². The average molecular weight is 437 g/mol. The zero-order valence-electron chi connectivity index (χ0n) is 17.3. The van der Waals surface area contributed by atoms with Gasteiger partial charge >= 0.3 is 6.18 Å². The topological polar surface area (TPSA) is 44.7 Å². The van der Waals surface area contributed by atoms with Crippen LogP contribution in [0.5, 0.6) is 0 Å². The highest BCUT2D eigenvalue weighted by Gasteiger charge is 2.32. The van der Waals surface area contributed by atoms with Crippen LogP contribution < -0.4 is 5.43 Å². The molecule has 0 fully saturated rings. The number of nitrogens with one attached hydrogen (secondary N) is 1. The van der Waals surface area contributed by atoms with Crippen molar-refractivity contribution in [3.8, 4) is 0 Å². The van der Waals surface area contributed by atoms with Crippen LogP contribution in [0, 0.1) is 0 Å². The van der Waals surface area contributed by atoms with Crippen molar-refractivity contribution in [1.82, 2.24) is 10.3 Å². The number of hydrogen-bond acceptors (Lipinski definition) is 3. The molecule has 164 valence electrons. The van der Waals surface area contributed by atoms with Gasteiger partial charge in [0.15, 0.2) is 0 Å². The summed E-state index contributed by atoms with van der Waals surface area (Å²) in [5.41, 5.74) is 5.59. The minimum Gasteiger partial charge on any atom is -0.294 e. The maximum atomic E-state index is 13.0. The third-order valence-corrected chi connectivity index (χ3v) is 5.47. The number of amides is 1. The largest absolute Gasteiger partial charge is 0.417 e. The third kappa shape index (κ3) is 5.23. The predicted molar refractivity (Wildman–Crippen MR) is 117 cm³/mol. The Labute approximate surface area is 184 Å². The van der Waals surface area contributed by atoms with E-state index in [1.165, 1.54) is 29.3 Å². The van der Waals surface area contributed by atoms with Gasteiger partial charge in [0.05, 0.1) is 11.8 Å². The van der Waals surface area contributed by atoms with E-state index in [1.807, 2.05) is 12.1 Å². The fraction of sp³-hybridized carbons (Fsp3) is 0.200. The molecule has 7 heteroatoms. The lowest BCUT2D eigenvalue weighted by molar-refractivity contribution is -0.137. The summed E-state index contributed by atoms with van der Waals surface area (Å²) in [4.78, 5) is 14.7. The Balaban J connectivity index is 1.35. The molecule has 1 aliphatic rings. The molecule has 0 radical (unpaired) electrons. The molecule has 1 heterocycles. The van der Waals surface area contributed by atoms with E-state index in [1.54, 1.807) is 12.1 Å². The van der Waals surface area contributed by atoms with Crippen molar-refractivity contribution in [1.29, 1.82) is 0 Å². The first-order chi connectivity index (χ1) is 15.4. The lowest BCUT2D eigenvalue weighted by Crippen LogP contribution is -2.30. The van der Waals surface area contributed by atoms with Gasteiger partial charge < -0.3 is 0 Å². The van der Waals surface area contributed by atoms with Crippen molar-refractivity contribution in [2.75, 3.05) is 6.54 Å². The Kier molecular flexibility index (Phi) is 6.37. The molecule has 0 spiro atoms. The first kappa shape index (κ1) is 21.8. The van der Waals surface area contributed by atoms with E-state index in [9.17, 15) is 18.0 Å². The standard InChI is InChI=1S/C25H22F3N3O/c26-25(27,28)23-8-4-3-6-21(23)15-29-30-24(32)20-11-9-18(10-12-20)16-31-14-13-19-5-1-2-7-22(19)17-31/h1-12,15H,13-14,16-17H2,(H,30,32)/b29-15-. The number of halogens is 3. The Morgan fingerprint density at radius 2 is 1.66 bits per heavy atom. The minimum atomic E-state index is -4.49. The quantitative estimate of drug-likeness (QED) is 0.450. The molecule has 3 aromatic rings. The maximum Gasteiger partial charge on any atom is 0.417 e. The summed E-state index contributed by atoms with van der Waals surface area (Å²) in [6, 6.07) is 20.7. The van der Waals surface area contributed by atoms with Crippen molar-refractivity contribution in [3.63, 3.8) is 0 Å². The Hall–Kier alpha value is -3.45. The second-order valence-electron chi connectivity index (χ2n) is 7.71. The number of rotatable bonds is 5. The van der Waals surface area contributed by atoms with Gasteiger partial charge in [0.2, 0.25) is 0 Å². The molecule has 0 aliphatic carbocycles. The van der Waals surface area contributed by atoms with E-state index in [4.69, 9.17) is 0 Å². The second-order valence-corrected chi connectivity index (χ2v) is 7.71. The summed E-state index contributed by atoms with van der Waals surface area (Å²) >= 11 is 0. The molecule has 1 N–H and O–H groups in total. The molecular weight excluding hydrogens is 415 g/mol. The first-order valence-electron chi connectivity index (χ1n) is 10.3. The van der Waals surface area contributed by atoms with E-state index < -0.39 is 17.6 Å². The van der Waals surface area contributed by atoms with Crippen LogP contribution in [0.2, 0.25) is 0 Å². The molecule has 32 heavy (non-hydrogen) atoms. The fourth-order valence-corrected chi connectivity index (χ4v) is 3.80. The van der Waals surface area contributed by atoms with E-state index in [0.717, 1.165) is 43.9 Å². The summed E-state index contributed by atoms with van der Waals surface area (Å²) in [5.74, 6) is -0.482. The van der Waals surface area contributed by atoms with Crippen LogP contribution in [0.1, 0.15) is 38.2 Å². The predicted octanol–water partition coefficient (Wildman–Crippen LogP) is 5.03. The third-order valence-electron chi connectivity index (χ3n) is 5.47. The average Bonchev–Trinajstić information content (AvgIpc) is 2.79. The smallest absolute Gasteiger partial charge is 0.294 e. The minimum absolute atomic E-state index is 0.112. The Morgan fingerprint density at radius 3 is 2.41 bits per heavy atom. The van der Waals surface area contributed by atoms with Gasteiger partial charge in [-0.1, -0.05) is 54.6 Å². The number of hydrogen-bond donors (Lipinski definition) is 1. The zero-order chi connectivity index (χ0) is 22.6. The monoisotopic (exact) mass is 437 g/mol. The molecule has 0 aromatic heterocycles. The number of carbonyl (C=O) groups excluding carboxylic acids is 1. The van der Waals surface area contributed by atoms with E-state index in [-0.39, 0.29) is 5.56 Å². The second kappa shape index (κ2) is 9.36. The van der Waals surface area contributed by atoms with Crippen molar-refractivity contribution in [2.24, 2.45) is 5.10 Å².